The predicted octanol–water partition coefficient (Wildman–Crippen LogP) is 4.74. The number of amides is 1. The Morgan fingerprint density at radius 1 is 1.17 bits per heavy atom. The molecule has 4 nitrogen and oxygen atoms in total. The van der Waals surface area contributed by atoms with Crippen LogP contribution in [0.3, 0.4) is 0 Å². The van der Waals surface area contributed by atoms with Gasteiger partial charge >= 0.3 is 6.61 Å². The maximum absolute atomic E-state index is 12.5. The van der Waals surface area contributed by atoms with Crippen molar-refractivity contribution in [2.24, 2.45) is 0 Å². The standard InChI is InChI=1S/C17H11ClF2N2O2/c18-13-9-11(6-7-14(13)24-17(19)20)22-16(23)12-5-1-3-10-4-2-8-21-15(10)12/h1-9,17H,(H,22,23). The zero-order chi connectivity index (χ0) is 17.1. The second-order valence-electron chi connectivity index (χ2n) is 4.86. The van der Waals surface area contributed by atoms with E-state index >= 15 is 0 Å². The van der Waals surface area contributed by atoms with Crippen LogP contribution in [0.25, 0.3) is 10.9 Å². The van der Waals surface area contributed by atoms with Crippen molar-refractivity contribution >= 4 is 34.1 Å². The van der Waals surface area contributed by atoms with Crippen molar-refractivity contribution in [3.8, 4) is 5.75 Å². The molecule has 122 valence electrons. The molecule has 1 amide bonds. The largest absolute Gasteiger partial charge is 0.433 e. The van der Waals surface area contributed by atoms with E-state index < -0.39 is 6.61 Å². The van der Waals surface area contributed by atoms with E-state index in [4.69, 9.17) is 11.6 Å². The van der Waals surface area contributed by atoms with Gasteiger partial charge in [-0.05, 0) is 30.3 Å². The highest BCUT2D eigenvalue weighted by Crippen LogP contribution is 2.29. The van der Waals surface area contributed by atoms with Gasteiger partial charge in [-0.2, -0.15) is 8.78 Å². The van der Waals surface area contributed by atoms with Crippen LogP contribution in [0.15, 0.2) is 54.7 Å². The number of nitrogens with zero attached hydrogens (tertiary/aromatic N) is 1. The van der Waals surface area contributed by atoms with Gasteiger partial charge in [-0.1, -0.05) is 29.8 Å². The van der Waals surface area contributed by atoms with E-state index in [-0.39, 0.29) is 16.7 Å². The molecule has 0 saturated carbocycles. The van der Waals surface area contributed by atoms with Crippen LogP contribution in [0.1, 0.15) is 10.4 Å². The van der Waals surface area contributed by atoms with E-state index in [1.807, 2.05) is 12.1 Å². The Morgan fingerprint density at radius 3 is 2.71 bits per heavy atom. The molecular formula is C17H11ClF2N2O2. The number of anilines is 1. The lowest BCUT2D eigenvalue weighted by Crippen LogP contribution is -2.13. The summed E-state index contributed by atoms with van der Waals surface area (Å²) < 4.78 is 28.7. The molecule has 24 heavy (non-hydrogen) atoms. The Morgan fingerprint density at radius 2 is 1.96 bits per heavy atom. The van der Waals surface area contributed by atoms with Gasteiger partial charge in [-0.3, -0.25) is 9.78 Å². The number of hydrogen-bond donors (Lipinski definition) is 1. The lowest BCUT2D eigenvalue weighted by Gasteiger charge is -2.10. The summed E-state index contributed by atoms with van der Waals surface area (Å²) in [6.45, 7) is -2.97. The summed E-state index contributed by atoms with van der Waals surface area (Å²) in [5, 5.41) is 3.48. The second kappa shape index (κ2) is 6.80. The maximum atomic E-state index is 12.5. The number of pyridine rings is 1. The first kappa shape index (κ1) is 16.1. The van der Waals surface area contributed by atoms with Crippen LogP contribution in [0.4, 0.5) is 14.5 Å². The average Bonchev–Trinajstić information content (AvgIpc) is 2.56. The minimum Gasteiger partial charge on any atom is -0.433 e. The average molecular weight is 349 g/mol. The number of fused-ring (bicyclic) bond motifs is 1. The quantitative estimate of drug-likeness (QED) is 0.740. The minimum atomic E-state index is -2.97. The Hall–Kier alpha value is -2.73. The predicted molar refractivity (Wildman–Crippen MR) is 87.8 cm³/mol. The number of alkyl halides is 2. The molecule has 1 heterocycles. The van der Waals surface area contributed by atoms with Crippen LogP contribution in [0, 0.1) is 0 Å². The molecule has 1 N–H and O–H groups in total. The van der Waals surface area contributed by atoms with Gasteiger partial charge in [0.1, 0.15) is 5.75 Å². The Kier molecular flexibility index (Phi) is 4.57. The molecule has 0 aliphatic carbocycles. The molecular weight excluding hydrogens is 338 g/mol. The number of aromatic nitrogens is 1. The van der Waals surface area contributed by atoms with Crippen molar-refractivity contribution in [1.82, 2.24) is 4.98 Å². The van der Waals surface area contributed by atoms with E-state index in [2.05, 4.69) is 15.0 Å². The third kappa shape index (κ3) is 3.44. The van der Waals surface area contributed by atoms with Crippen LogP contribution in [-0.4, -0.2) is 17.5 Å². The van der Waals surface area contributed by atoms with Crippen molar-refractivity contribution in [1.29, 1.82) is 0 Å². The molecule has 1 aromatic heterocycles. The molecule has 0 atom stereocenters. The van der Waals surface area contributed by atoms with Gasteiger partial charge in [-0.25, -0.2) is 0 Å². The van der Waals surface area contributed by atoms with Gasteiger partial charge in [-0.15, -0.1) is 0 Å². The molecule has 0 radical (unpaired) electrons. The normalized spacial score (nSPS) is 10.8. The maximum Gasteiger partial charge on any atom is 0.387 e. The molecule has 0 aliphatic rings. The number of benzene rings is 2. The zero-order valence-electron chi connectivity index (χ0n) is 12.2. The number of rotatable bonds is 4. The summed E-state index contributed by atoms with van der Waals surface area (Å²) >= 11 is 5.88. The van der Waals surface area contributed by atoms with Crippen molar-refractivity contribution in [2.45, 2.75) is 6.61 Å². The van der Waals surface area contributed by atoms with Gasteiger partial charge < -0.3 is 10.1 Å². The fourth-order valence-corrected chi connectivity index (χ4v) is 2.48. The van der Waals surface area contributed by atoms with Gasteiger partial charge in [0.2, 0.25) is 0 Å². The number of para-hydroxylation sites is 1. The molecule has 0 saturated heterocycles. The minimum absolute atomic E-state index is 0.0239. The van der Waals surface area contributed by atoms with Gasteiger partial charge in [0, 0.05) is 17.3 Å². The van der Waals surface area contributed by atoms with E-state index in [0.29, 0.717) is 16.8 Å². The van der Waals surface area contributed by atoms with Crippen LogP contribution >= 0.6 is 11.6 Å². The summed E-state index contributed by atoms with van der Waals surface area (Å²) in [6.07, 6.45) is 1.60. The van der Waals surface area contributed by atoms with Gasteiger partial charge in [0.15, 0.2) is 0 Å². The van der Waals surface area contributed by atoms with Gasteiger partial charge in [0.25, 0.3) is 5.91 Å². The highest BCUT2D eigenvalue weighted by atomic mass is 35.5. The van der Waals surface area contributed by atoms with E-state index in [1.165, 1.54) is 18.2 Å². The van der Waals surface area contributed by atoms with Crippen molar-refractivity contribution in [3.05, 3.63) is 65.3 Å². The second-order valence-corrected chi connectivity index (χ2v) is 5.27. The van der Waals surface area contributed by atoms with Gasteiger partial charge in [0.05, 0.1) is 16.1 Å². The molecule has 3 rings (SSSR count). The third-order valence-corrected chi connectivity index (χ3v) is 3.58. The summed E-state index contributed by atoms with van der Waals surface area (Å²) in [5.74, 6) is -0.533. The Labute approximate surface area is 141 Å². The zero-order valence-corrected chi connectivity index (χ0v) is 12.9. The number of hydrogen-bond acceptors (Lipinski definition) is 3. The Bertz CT molecular complexity index is 897. The lowest BCUT2D eigenvalue weighted by atomic mass is 10.1. The van der Waals surface area contributed by atoms with Crippen molar-refractivity contribution < 1.29 is 18.3 Å². The number of carbonyl (C=O) groups is 1. The summed E-state index contributed by atoms with van der Waals surface area (Å²) in [4.78, 5) is 16.7. The monoisotopic (exact) mass is 348 g/mol. The van der Waals surface area contributed by atoms with E-state index in [9.17, 15) is 13.6 Å². The third-order valence-electron chi connectivity index (χ3n) is 3.28. The Balaban J connectivity index is 1.85. The highest BCUT2D eigenvalue weighted by Gasteiger charge is 2.13. The van der Waals surface area contributed by atoms with Crippen molar-refractivity contribution in [3.63, 3.8) is 0 Å². The number of halogens is 3. The highest BCUT2D eigenvalue weighted by molar-refractivity contribution is 6.32. The smallest absolute Gasteiger partial charge is 0.387 e. The van der Waals surface area contributed by atoms with E-state index in [1.54, 1.807) is 24.4 Å². The summed E-state index contributed by atoms with van der Waals surface area (Å²) in [6, 6.07) is 12.9. The van der Waals surface area contributed by atoms with Crippen molar-refractivity contribution in [2.75, 3.05) is 5.32 Å². The molecule has 0 aliphatic heterocycles. The molecule has 0 fully saturated rings. The number of carbonyl (C=O) groups excluding carboxylic acids is 1. The van der Waals surface area contributed by atoms with Crippen LogP contribution in [-0.2, 0) is 0 Å². The topological polar surface area (TPSA) is 51.2 Å². The first-order valence-electron chi connectivity index (χ1n) is 6.94. The van der Waals surface area contributed by atoms with E-state index in [0.717, 1.165) is 5.39 Å². The fraction of sp³-hybridized carbons (Fsp3) is 0.0588. The fourth-order valence-electron chi connectivity index (χ4n) is 2.26. The summed E-state index contributed by atoms with van der Waals surface area (Å²) in [5.41, 5.74) is 1.33. The molecule has 0 unspecified atom stereocenters. The first-order valence-corrected chi connectivity index (χ1v) is 7.32. The lowest BCUT2D eigenvalue weighted by molar-refractivity contribution is -0.0497. The SMILES string of the molecule is O=C(Nc1ccc(OC(F)F)c(Cl)c1)c1cccc2cccnc12. The van der Waals surface area contributed by atoms with Crippen LogP contribution in [0.5, 0.6) is 5.75 Å². The van der Waals surface area contributed by atoms with Crippen LogP contribution < -0.4 is 10.1 Å². The number of nitrogens with one attached hydrogen (secondary N) is 1. The number of ether oxygens (including phenoxy) is 1. The molecule has 0 bridgehead atoms. The summed E-state index contributed by atoms with van der Waals surface area (Å²) in [7, 11) is 0. The molecule has 7 heteroatoms. The van der Waals surface area contributed by atoms with Crippen LogP contribution in [0.2, 0.25) is 5.02 Å². The first-order chi connectivity index (χ1) is 11.5. The molecule has 2 aromatic carbocycles. The molecule has 3 aromatic rings. The molecule has 0 spiro atoms.